The van der Waals surface area contributed by atoms with Crippen LogP contribution in [0, 0.1) is 11.7 Å². The first-order chi connectivity index (χ1) is 10.3. The van der Waals surface area contributed by atoms with Gasteiger partial charge in [0.15, 0.2) is 0 Å². The van der Waals surface area contributed by atoms with Crippen LogP contribution in [0.1, 0.15) is 30.7 Å². The zero-order valence-corrected chi connectivity index (χ0v) is 12.9. The van der Waals surface area contributed by atoms with Gasteiger partial charge in [0.25, 0.3) is 0 Å². The second-order valence-corrected chi connectivity index (χ2v) is 5.99. The summed E-state index contributed by atoms with van der Waals surface area (Å²) < 4.78 is 12.9. The van der Waals surface area contributed by atoms with Crippen LogP contribution in [0.25, 0.3) is 0 Å². The van der Waals surface area contributed by atoms with Crippen LogP contribution in [0.5, 0.6) is 0 Å². The Labute approximate surface area is 128 Å². The van der Waals surface area contributed by atoms with Gasteiger partial charge >= 0.3 is 0 Å². The molecule has 1 aromatic carbocycles. The lowest BCUT2D eigenvalue weighted by atomic mass is 9.89. The van der Waals surface area contributed by atoms with Crippen LogP contribution in [0.3, 0.4) is 0 Å². The van der Waals surface area contributed by atoms with Crippen LogP contribution in [0.2, 0.25) is 0 Å². The molecule has 3 rings (SSSR count). The van der Waals surface area contributed by atoms with Gasteiger partial charge in [0.1, 0.15) is 5.82 Å². The Bertz CT molecular complexity index is 404. The normalized spacial score (nSPS) is 23.6. The maximum Gasteiger partial charge on any atom is 0.123 e. The highest BCUT2D eigenvalue weighted by atomic mass is 19.1. The molecule has 1 atom stereocenters. The summed E-state index contributed by atoms with van der Waals surface area (Å²) in [5.41, 5.74) is 1.31. The third-order valence-electron chi connectivity index (χ3n) is 4.61. The molecular formula is C18H27FN2. The molecule has 0 unspecified atom stereocenters. The van der Waals surface area contributed by atoms with E-state index in [4.69, 9.17) is 0 Å². The zero-order valence-electron chi connectivity index (χ0n) is 12.9. The van der Waals surface area contributed by atoms with Crippen LogP contribution in [0.15, 0.2) is 37.4 Å². The van der Waals surface area contributed by atoms with Crippen molar-refractivity contribution in [3.8, 4) is 0 Å². The van der Waals surface area contributed by atoms with E-state index in [0.29, 0.717) is 5.92 Å². The van der Waals surface area contributed by atoms with Crippen LogP contribution in [-0.2, 0) is 0 Å². The first kappa shape index (κ1) is 16.2. The van der Waals surface area contributed by atoms with Crippen molar-refractivity contribution in [1.29, 1.82) is 0 Å². The van der Waals surface area contributed by atoms with Gasteiger partial charge in [-0.05, 0) is 75.0 Å². The summed E-state index contributed by atoms with van der Waals surface area (Å²) in [5, 5.41) is 3.44. The molecular weight excluding hydrogens is 263 g/mol. The highest BCUT2D eigenvalue weighted by Gasteiger charge is 2.23. The average molecular weight is 290 g/mol. The maximum atomic E-state index is 12.9. The first-order valence-corrected chi connectivity index (χ1v) is 8.00. The molecule has 116 valence electrons. The fourth-order valence-electron chi connectivity index (χ4n) is 3.42. The SMILES string of the molecule is C=C.Fc1ccc(C2CCN(C[C@H]3CCNC3)CC2)cc1. The third-order valence-corrected chi connectivity index (χ3v) is 4.61. The van der Waals surface area contributed by atoms with Crippen LogP contribution >= 0.6 is 0 Å². The molecule has 2 nitrogen and oxygen atoms in total. The standard InChI is InChI=1S/C16H23FN2.C2H4/c17-16-3-1-14(2-4-16)15-6-9-19(10-7-15)12-13-5-8-18-11-13;1-2/h1-4,13,15,18H,5-12H2;1-2H2/t13-;/m0./s1. The lowest BCUT2D eigenvalue weighted by molar-refractivity contribution is 0.187. The van der Waals surface area contributed by atoms with Gasteiger partial charge in [-0.1, -0.05) is 12.1 Å². The van der Waals surface area contributed by atoms with Crippen LogP contribution in [-0.4, -0.2) is 37.6 Å². The zero-order chi connectivity index (χ0) is 15.1. The van der Waals surface area contributed by atoms with Crippen molar-refractivity contribution < 1.29 is 4.39 Å². The van der Waals surface area contributed by atoms with Crippen molar-refractivity contribution in [1.82, 2.24) is 10.2 Å². The van der Waals surface area contributed by atoms with Gasteiger partial charge in [0.2, 0.25) is 0 Å². The van der Waals surface area contributed by atoms with E-state index >= 15 is 0 Å². The highest BCUT2D eigenvalue weighted by molar-refractivity contribution is 5.21. The van der Waals surface area contributed by atoms with E-state index in [1.807, 2.05) is 12.1 Å². The van der Waals surface area contributed by atoms with E-state index < -0.39 is 0 Å². The molecule has 2 aliphatic heterocycles. The molecule has 1 N–H and O–H groups in total. The number of halogens is 1. The van der Waals surface area contributed by atoms with Crippen LogP contribution < -0.4 is 5.32 Å². The molecule has 3 heteroatoms. The molecule has 0 radical (unpaired) electrons. The largest absolute Gasteiger partial charge is 0.316 e. The molecule has 0 aliphatic carbocycles. The topological polar surface area (TPSA) is 15.3 Å². The number of likely N-dealkylation sites (tertiary alicyclic amines) is 1. The number of nitrogens with zero attached hydrogens (tertiary/aromatic N) is 1. The second kappa shape index (κ2) is 8.30. The number of benzene rings is 1. The first-order valence-electron chi connectivity index (χ1n) is 8.00. The minimum absolute atomic E-state index is 0.130. The Morgan fingerprint density at radius 1 is 1.10 bits per heavy atom. The Morgan fingerprint density at radius 3 is 2.33 bits per heavy atom. The minimum Gasteiger partial charge on any atom is -0.316 e. The second-order valence-electron chi connectivity index (χ2n) is 5.99. The summed E-state index contributed by atoms with van der Waals surface area (Å²) in [5.74, 6) is 1.34. The summed E-state index contributed by atoms with van der Waals surface area (Å²) >= 11 is 0. The number of hydrogen-bond donors (Lipinski definition) is 1. The Kier molecular flexibility index (Phi) is 6.40. The molecule has 2 heterocycles. The average Bonchev–Trinajstić information content (AvgIpc) is 3.04. The van der Waals surface area contributed by atoms with E-state index in [2.05, 4.69) is 23.4 Å². The lowest BCUT2D eigenvalue weighted by Crippen LogP contribution is -2.37. The molecule has 0 amide bonds. The molecule has 1 aromatic rings. The van der Waals surface area contributed by atoms with Gasteiger partial charge in [-0.15, -0.1) is 13.2 Å². The monoisotopic (exact) mass is 290 g/mol. The Hall–Kier alpha value is -1.19. The number of nitrogens with one attached hydrogen (secondary N) is 1. The Balaban J connectivity index is 0.000000774. The fraction of sp³-hybridized carbons (Fsp3) is 0.556. The molecule has 21 heavy (non-hydrogen) atoms. The number of piperidine rings is 1. The molecule has 0 aromatic heterocycles. The van der Waals surface area contributed by atoms with Crippen molar-refractivity contribution in [3.05, 3.63) is 48.8 Å². The summed E-state index contributed by atoms with van der Waals surface area (Å²) in [6.07, 6.45) is 3.76. The molecule has 2 saturated heterocycles. The summed E-state index contributed by atoms with van der Waals surface area (Å²) in [7, 11) is 0. The quantitative estimate of drug-likeness (QED) is 0.858. The molecule has 0 bridgehead atoms. The van der Waals surface area contributed by atoms with Crippen molar-refractivity contribution in [3.63, 3.8) is 0 Å². The number of rotatable bonds is 3. The van der Waals surface area contributed by atoms with E-state index in [0.717, 1.165) is 5.92 Å². The molecule has 0 saturated carbocycles. The van der Waals surface area contributed by atoms with Crippen molar-refractivity contribution >= 4 is 0 Å². The van der Waals surface area contributed by atoms with Gasteiger partial charge in [0.05, 0.1) is 0 Å². The third kappa shape index (κ3) is 4.65. The van der Waals surface area contributed by atoms with Gasteiger partial charge in [-0.2, -0.15) is 0 Å². The molecule has 2 aliphatic rings. The lowest BCUT2D eigenvalue weighted by Gasteiger charge is -2.33. The van der Waals surface area contributed by atoms with Crippen LogP contribution in [0.4, 0.5) is 4.39 Å². The van der Waals surface area contributed by atoms with Crippen molar-refractivity contribution in [2.45, 2.75) is 25.2 Å². The van der Waals surface area contributed by atoms with E-state index in [1.165, 1.54) is 57.5 Å². The summed E-state index contributed by atoms with van der Waals surface area (Å²) in [6.45, 7) is 12.0. The predicted octanol–water partition coefficient (Wildman–Crippen LogP) is 3.42. The highest BCUT2D eigenvalue weighted by Crippen LogP contribution is 2.28. The molecule has 0 spiro atoms. The van der Waals surface area contributed by atoms with Crippen molar-refractivity contribution in [2.24, 2.45) is 5.92 Å². The molecule has 2 fully saturated rings. The smallest absolute Gasteiger partial charge is 0.123 e. The number of hydrogen-bond acceptors (Lipinski definition) is 2. The van der Waals surface area contributed by atoms with Gasteiger partial charge in [-0.25, -0.2) is 4.39 Å². The van der Waals surface area contributed by atoms with Gasteiger partial charge in [-0.3, -0.25) is 0 Å². The van der Waals surface area contributed by atoms with E-state index in [9.17, 15) is 4.39 Å². The van der Waals surface area contributed by atoms with Gasteiger partial charge in [0, 0.05) is 6.54 Å². The van der Waals surface area contributed by atoms with E-state index in [1.54, 1.807) is 12.1 Å². The minimum atomic E-state index is -0.130. The van der Waals surface area contributed by atoms with E-state index in [-0.39, 0.29) is 5.82 Å². The fourth-order valence-corrected chi connectivity index (χ4v) is 3.42. The van der Waals surface area contributed by atoms with Gasteiger partial charge < -0.3 is 10.2 Å². The van der Waals surface area contributed by atoms with Crippen molar-refractivity contribution in [2.75, 3.05) is 32.7 Å². The Morgan fingerprint density at radius 2 is 1.76 bits per heavy atom. The summed E-state index contributed by atoms with van der Waals surface area (Å²) in [6, 6.07) is 7.09. The maximum absolute atomic E-state index is 12.9. The summed E-state index contributed by atoms with van der Waals surface area (Å²) in [4.78, 5) is 2.61. The predicted molar refractivity (Wildman–Crippen MR) is 87.0 cm³/mol.